The highest BCUT2D eigenvalue weighted by Crippen LogP contribution is 2.19. The van der Waals surface area contributed by atoms with Crippen molar-refractivity contribution in [2.45, 2.75) is 32.7 Å². The molecule has 0 N–H and O–H groups in total. The van der Waals surface area contributed by atoms with E-state index in [1.165, 1.54) is 4.90 Å². The van der Waals surface area contributed by atoms with Crippen molar-refractivity contribution in [3.63, 3.8) is 0 Å². The minimum atomic E-state index is -0.508. The fraction of sp³-hybridized carbons (Fsp3) is 0.833. The summed E-state index contributed by atoms with van der Waals surface area (Å²) in [5.41, 5.74) is 0. The SMILES string of the molecule is CC(C)COC(=O)C1CCCN1C(=O)OCCCl. The minimum absolute atomic E-state index is 0.157. The van der Waals surface area contributed by atoms with E-state index in [1.54, 1.807) is 0 Å². The summed E-state index contributed by atoms with van der Waals surface area (Å²) in [6, 6.07) is -0.508. The molecule has 0 aromatic heterocycles. The molecule has 1 aliphatic rings. The Balaban J connectivity index is 2.48. The summed E-state index contributed by atoms with van der Waals surface area (Å²) in [5, 5.41) is 0. The first-order chi connectivity index (χ1) is 8.56. The normalized spacial score (nSPS) is 19.1. The summed E-state index contributed by atoms with van der Waals surface area (Å²) >= 11 is 5.45. The lowest BCUT2D eigenvalue weighted by atomic mass is 10.2. The van der Waals surface area contributed by atoms with Crippen LogP contribution >= 0.6 is 11.6 Å². The molecule has 6 heteroatoms. The lowest BCUT2D eigenvalue weighted by Crippen LogP contribution is -2.42. The summed E-state index contributed by atoms with van der Waals surface area (Å²) < 4.78 is 10.1. The fourth-order valence-corrected chi connectivity index (χ4v) is 1.86. The highest BCUT2D eigenvalue weighted by Gasteiger charge is 2.36. The highest BCUT2D eigenvalue weighted by atomic mass is 35.5. The second-order valence-electron chi connectivity index (χ2n) is 4.68. The molecule has 18 heavy (non-hydrogen) atoms. The van der Waals surface area contributed by atoms with Crippen LogP contribution < -0.4 is 0 Å². The second-order valence-corrected chi connectivity index (χ2v) is 5.06. The average Bonchev–Trinajstić information content (AvgIpc) is 2.82. The van der Waals surface area contributed by atoms with Crippen molar-refractivity contribution in [3.05, 3.63) is 0 Å². The van der Waals surface area contributed by atoms with Gasteiger partial charge in [0.15, 0.2) is 0 Å². The Morgan fingerprint density at radius 3 is 2.72 bits per heavy atom. The number of hydrogen-bond donors (Lipinski definition) is 0. The zero-order chi connectivity index (χ0) is 13.5. The Morgan fingerprint density at radius 2 is 2.11 bits per heavy atom. The van der Waals surface area contributed by atoms with Gasteiger partial charge in [0.05, 0.1) is 12.5 Å². The van der Waals surface area contributed by atoms with Crippen LogP contribution in [0.3, 0.4) is 0 Å². The molecule has 1 heterocycles. The topological polar surface area (TPSA) is 55.8 Å². The summed E-state index contributed by atoms with van der Waals surface area (Å²) in [6.45, 7) is 5.00. The van der Waals surface area contributed by atoms with Crippen molar-refractivity contribution >= 4 is 23.7 Å². The molecule has 0 saturated carbocycles. The molecule has 1 atom stereocenters. The van der Waals surface area contributed by atoms with Crippen LogP contribution in [0.1, 0.15) is 26.7 Å². The molecule has 0 aromatic rings. The summed E-state index contributed by atoms with van der Waals surface area (Å²) in [5.74, 6) is 0.193. The molecule has 1 rings (SSSR count). The molecular weight excluding hydrogens is 258 g/mol. The quantitative estimate of drug-likeness (QED) is 0.570. The van der Waals surface area contributed by atoms with Gasteiger partial charge in [-0.25, -0.2) is 9.59 Å². The van der Waals surface area contributed by atoms with Crippen LogP contribution in [0.4, 0.5) is 4.79 Å². The first-order valence-electron chi connectivity index (χ1n) is 6.22. The molecule has 1 amide bonds. The Bertz CT molecular complexity index is 296. The zero-order valence-electron chi connectivity index (χ0n) is 10.9. The summed E-state index contributed by atoms with van der Waals surface area (Å²) in [4.78, 5) is 25.0. The minimum Gasteiger partial charge on any atom is -0.464 e. The number of rotatable bonds is 5. The largest absolute Gasteiger partial charge is 0.464 e. The number of nitrogens with zero attached hydrogens (tertiary/aromatic N) is 1. The number of carbonyl (C=O) groups is 2. The van der Waals surface area contributed by atoms with Crippen molar-refractivity contribution in [2.24, 2.45) is 5.92 Å². The number of alkyl halides is 1. The van der Waals surface area contributed by atoms with Gasteiger partial charge in [-0.05, 0) is 18.8 Å². The maximum absolute atomic E-state index is 11.8. The molecule has 0 bridgehead atoms. The Kier molecular flexibility index (Phi) is 6.25. The Morgan fingerprint density at radius 1 is 1.39 bits per heavy atom. The van der Waals surface area contributed by atoms with Gasteiger partial charge in [-0.2, -0.15) is 0 Å². The van der Waals surface area contributed by atoms with Crippen molar-refractivity contribution in [3.8, 4) is 0 Å². The average molecular weight is 278 g/mol. The third-order valence-electron chi connectivity index (χ3n) is 2.62. The third-order valence-corrected chi connectivity index (χ3v) is 2.78. The number of ether oxygens (including phenoxy) is 2. The van der Waals surface area contributed by atoms with Gasteiger partial charge in [0.1, 0.15) is 12.6 Å². The molecule has 1 aliphatic heterocycles. The van der Waals surface area contributed by atoms with Crippen molar-refractivity contribution in [2.75, 3.05) is 25.6 Å². The Hall–Kier alpha value is -0.970. The number of amides is 1. The number of likely N-dealkylation sites (tertiary alicyclic amines) is 1. The lowest BCUT2D eigenvalue weighted by molar-refractivity contribution is -0.149. The first kappa shape index (κ1) is 15.1. The molecule has 0 spiro atoms. The summed E-state index contributed by atoms with van der Waals surface area (Å²) in [6.07, 6.45) is 0.935. The van der Waals surface area contributed by atoms with E-state index >= 15 is 0 Å². The standard InChI is InChI=1S/C12H20ClNO4/c1-9(2)8-18-11(15)10-4-3-6-14(10)12(16)17-7-5-13/h9-10H,3-8H2,1-2H3. The predicted octanol–water partition coefficient (Wildman–Crippen LogP) is 2.03. The first-order valence-corrected chi connectivity index (χ1v) is 6.75. The maximum atomic E-state index is 11.8. The van der Waals surface area contributed by atoms with Crippen molar-refractivity contribution in [1.82, 2.24) is 4.90 Å². The molecule has 1 unspecified atom stereocenters. The van der Waals surface area contributed by atoms with E-state index < -0.39 is 12.1 Å². The molecule has 1 fully saturated rings. The van der Waals surface area contributed by atoms with Crippen LogP contribution in [0.25, 0.3) is 0 Å². The number of esters is 1. The molecule has 0 aliphatic carbocycles. The lowest BCUT2D eigenvalue weighted by Gasteiger charge is -2.22. The highest BCUT2D eigenvalue weighted by molar-refractivity contribution is 6.18. The van der Waals surface area contributed by atoms with Gasteiger partial charge in [-0.3, -0.25) is 4.90 Å². The monoisotopic (exact) mass is 277 g/mol. The van der Waals surface area contributed by atoms with Crippen LogP contribution in [0.2, 0.25) is 0 Å². The van der Waals surface area contributed by atoms with Gasteiger partial charge >= 0.3 is 12.1 Å². The summed E-state index contributed by atoms with van der Waals surface area (Å²) in [7, 11) is 0. The van der Waals surface area contributed by atoms with Gasteiger partial charge in [-0.15, -0.1) is 11.6 Å². The molecular formula is C12H20ClNO4. The molecule has 5 nitrogen and oxygen atoms in total. The van der Waals surface area contributed by atoms with E-state index in [-0.39, 0.29) is 24.4 Å². The predicted molar refractivity (Wildman–Crippen MR) is 67.6 cm³/mol. The number of halogens is 1. The second kappa shape index (κ2) is 7.46. The van der Waals surface area contributed by atoms with Crippen LogP contribution in [0.5, 0.6) is 0 Å². The molecule has 1 saturated heterocycles. The van der Waals surface area contributed by atoms with E-state index in [2.05, 4.69) is 0 Å². The van der Waals surface area contributed by atoms with E-state index in [0.717, 1.165) is 6.42 Å². The van der Waals surface area contributed by atoms with Gasteiger partial charge < -0.3 is 9.47 Å². The maximum Gasteiger partial charge on any atom is 0.410 e. The van der Waals surface area contributed by atoms with Gasteiger partial charge in [-0.1, -0.05) is 13.8 Å². The van der Waals surface area contributed by atoms with Crippen molar-refractivity contribution in [1.29, 1.82) is 0 Å². The zero-order valence-corrected chi connectivity index (χ0v) is 11.6. The Labute approximate surface area is 112 Å². The molecule has 0 radical (unpaired) electrons. The number of carbonyl (C=O) groups excluding carboxylic acids is 2. The van der Waals surface area contributed by atoms with E-state index in [4.69, 9.17) is 21.1 Å². The van der Waals surface area contributed by atoms with Crippen LogP contribution in [-0.2, 0) is 14.3 Å². The van der Waals surface area contributed by atoms with Gasteiger partial charge in [0.2, 0.25) is 0 Å². The third kappa shape index (κ3) is 4.37. The van der Waals surface area contributed by atoms with Gasteiger partial charge in [0, 0.05) is 6.54 Å². The van der Waals surface area contributed by atoms with E-state index in [9.17, 15) is 9.59 Å². The van der Waals surface area contributed by atoms with Crippen LogP contribution in [0, 0.1) is 5.92 Å². The van der Waals surface area contributed by atoms with Gasteiger partial charge in [0.25, 0.3) is 0 Å². The molecule has 0 aromatic carbocycles. The molecule has 104 valence electrons. The fourth-order valence-electron chi connectivity index (χ4n) is 1.78. The van der Waals surface area contributed by atoms with E-state index in [0.29, 0.717) is 19.6 Å². The van der Waals surface area contributed by atoms with Crippen LogP contribution in [0.15, 0.2) is 0 Å². The van der Waals surface area contributed by atoms with E-state index in [1.807, 2.05) is 13.8 Å². The van der Waals surface area contributed by atoms with Crippen molar-refractivity contribution < 1.29 is 19.1 Å². The number of hydrogen-bond acceptors (Lipinski definition) is 4. The smallest absolute Gasteiger partial charge is 0.410 e. The van der Waals surface area contributed by atoms with Crippen LogP contribution in [-0.4, -0.2) is 48.6 Å².